The number of rotatable bonds is 2. The van der Waals surface area contributed by atoms with Crippen molar-refractivity contribution in [3.8, 4) is 0 Å². The average Bonchev–Trinajstić information content (AvgIpc) is 2.42. The second kappa shape index (κ2) is 5.59. The van der Waals surface area contributed by atoms with Crippen LogP contribution in [0, 0.1) is 12.7 Å². The molecule has 1 aromatic rings. The van der Waals surface area contributed by atoms with Crippen LogP contribution in [0.2, 0.25) is 0 Å². The molecule has 1 aromatic carbocycles. The van der Waals surface area contributed by atoms with Crippen LogP contribution in [0.15, 0.2) is 18.2 Å². The highest BCUT2D eigenvalue weighted by molar-refractivity contribution is 5.26. The molecule has 1 unspecified atom stereocenters. The second-order valence-electron chi connectivity index (χ2n) is 6.42. The Kier molecular flexibility index (Phi) is 4.26. The van der Waals surface area contributed by atoms with E-state index in [4.69, 9.17) is 0 Å². The summed E-state index contributed by atoms with van der Waals surface area (Å²) in [4.78, 5) is 2.50. The van der Waals surface area contributed by atoms with E-state index in [0.717, 1.165) is 31.6 Å². The number of hydrogen-bond donors (Lipinski definition) is 1. The highest BCUT2D eigenvalue weighted by atomic mass is 19.1. The maximum atomic E-state index is 13.2. The third-order valence-electron chi connectivity index (χ3n) is 4.07. The zero-order valence-corrected chi connectivity index (χ0v) is 12.5. The van der Waals surface area contributed by atoms with Gasteiger partial charge in [-0.3, -0.25) is 4.90 Å². The van der Waals surface area contributed by atoms with Crippen molar-refractivity contribution in [2.24, 2.45) is 0 Å². The molecule has 0 saturated carbocycles. The Balaban J connectivity index is 2.15. The maximum absolute atomic E-state index is 13.2. The van der Waals surface area contributed by atoms with Crippen LogP contribution in [0.4, 0.5) is 4.39 Å². The van der Waals surface area contributed by atoms with Gasteiger partial charge in [-0.25, -0.2) is 4.39 Å². The molecular formula is C16H25FN2. The van der Waals surface area contributed by atoms with Gasteiger partial charge in [-0.1, -0.05) is 6.07 Å². The van der Waals surface area contributed by atoms with Gasteiger partial charge in [-0.15, -0.1) is 0 Å². The first-order valence-corrected chi connectivity index (χ1v) is 7.11. The highest BCUT2D eigenvalue weighted by Gasteiger charge is 2.27. The lowest BCUT2D eigenvalue weighted by atomic mass is 10.0. The van der Waals surface area contributed by atoms with Gasteiger partial charge in [0, 0.05) is 24.7 Å². The van der Waals surface area contributed by atoms with E-state index in [0.29, 0.717) is 6.04 Å². The van der Waals surface area contributed by atoms with Crippen molar-refractivity contribution >= 4 is 0 Å². The first-order valence-electron chi connectivity index (χ1n) is 7.11. The monoisotopic (exact) mass is 264 g/mol. The van der Waals surface area contributed by atoms with Crippen molar-refractivity contribution in [3.05, 3.63) is 35.1 Å². The van der Waals surface area contributed by atoms with Crippen LogP contribution in [0.5, 0.6) is 0 Å². The molecule has 1 fully saturated rings. The Labute approximate surface area is 116 Å². The van der Waals surface area contributed by atoms with Crippen molar-refractivity contribution in [2.45, 2.75) is 52.2 Å². The van der Waals surface area contributed by atoms with E-state index in [-0.39, 0.29) is 11.4 Å². The fourth-order valence-corrected chi connectivity index (χ4v) is 2.79. The molecule has 1 atom stereocenters. The molecule has 3 heteroatoms. The van der Waals surface area contributed by atoms with Crippen LogP contribution < -0.4 is 5.32 Å². The quantitative estimate of drug-likeness (QED) is 0.883. The van der Waals surface area contributed by atoms with Crippen molar-refractivity contribution in [1.29, 1.82) is 0 Å². The molecule has 106 valence electrons. The molecule has 1 N–H and O–H groups in total. The molecule has 1 saturated heterocycles. The van der Waals surface area contributed by atoms with E-state index in [1.165, 1.54) is 5.56 Å². The smallest absolute Gasteiger partial charge is 0.123 e. The lowest BCUT2D eigenvalue weighted by molar-refractivity contribution is 0.172. The van der Waals surface area contributed by atoms with Crippen LogP contribution in [0.1, 0.15) is 38.3 Å². The number of hydrogen-bond acceptors (Lipinski definition) is 2. The molecule has 19 heavy (non-hydrogen) atoms. The van der Waals surface area contributed by atoms with Gasteiger partial charge in [-0.2, -0.15) is 0 Å². The highest BCUT2D eigenvalue weighted by Crippen LogP contribution is 2.20. The summed E-state index contributed by atoms with van der Waals surface area (Å²) in [6, 6.07) is 5.66. The van der Waals surface area contributed by atoms with E-state index in [2.05, 4.69) is 31.0 Å². The van der Waals surface area contributed by atoms with Crippen LogP contribution in [0.3, 0.4) is 0 Å². The molecule has 1 aliphatic heterocycles. The van der Waals surface area contributed by atoms with Gasteiger partial charge < -0.3 is 5.32 Å². The number of nitrogens with one attached hydrogen (secondary N) is 1. The minimum atomic E-state index is -0.146. The van der Waals surface area contributed by atoms with Crippen molar-refractivity contribution in [2.75, 3.05) is 13.1 Å². The van der Waals surface area contributed by atoms with Crippen molar-refractivity contribution in [1.82, 2.24) is 10.2 Å². The Bertz CT molecular complexity index is 442. The molecule has 0 amide bonds. The largest absolute Gasteiger partial charge is 0.310 e. The Morgan fingerprint density at radius 2 is 2.16 bits per heavy atom. The maximum Gasteiger partial charge on any atom is 0.123 e. The van der Waals surface area contributed by atoms with E-state index in [1.54, 1.807) is 12.1 Å². The molecule has 0 radical (unpaired) electrons. The Morgan fingerprint density at radius 3 is 2.84 bits per heavy atom. The van der Waals surface area contributed by atoms with Gasteiger partial charge in [-0.05, 0) is 63.9 Å². The molecule has 2 nitrogen and oxygen atoms in total. The van der Waals surface area contributed by atoms with Gasteiger partial charge in [0.15, 0.2) is 0 Å². The number of benzene rings is 1. The van der Waals surface area contributed by atoms with Crippen LogP contribution in [-0.2, 0) is 6.54 Å². The predicted molar refractivity (Wildman–Crippen MR) is 77.7 cm³/mol. The van der Waals surface area contributed by atoms with Gasteiger partial charge in [0.25, 0.3) is 0 Å². The van der Waals surface area contributed by atoms with Gasteiger partial charge in [0.1, 0.15) is 5.82 Å². The first-order chi connectivity index (χ1) is 8.87. The molecule has 0 bridgehead atoms. The van der Waals surface area contributed by atoms with Crippen molar-refractivity contribution in [3.63, 3.8) is 0 Å². The van der Waals surface area contributed by atoms with Crippen molar-refractivity contribution < 1.29 is 4.39 Å². The summed E-state index contributed by atoms with van der Waals surface area (Å²) in [5, 5.41) is 3.59. The Morgan fingerprint density at radius 1 is 1.42 bits per heavy atom. The summed E-state index contributed by atoms with van der Waals surface area (Å²) in [5.41, 5.74) is 2.41. The summed E-state index contributed by atoms with van der Waals surface area (Å²) >= 11 is 0. The topological polar surface area (TPSA) is 15.3 Å². The molecule has 0 aliphatic carbocycles. The Hall–Kier alpha value is -0.930. The lowest BCUT2D eigenvalue weighted by Crippen LogP contribution is -2.47. The van der Waals surface area contributed by atoms with Crippen LogP contribution >= 0.6 is 0 Å². The third kappa shape index (κ3) is 3.77. The minimum Gasteiger partial charge on any atom is -0.310 e. The molecule has 0 aromatic heterocycles. The zero-order chi connectivity index (χ0) is 14.0. The molecule has 2 rings (SSSR count). The number of aryl methyl sites for hydroxylation is 1. The van der Waals surface area contributed by atoms with Gasteiger partial charge in [0.2, 0.25) is 0 Å². The molecule has 1 aliphatic rings. The average molecular weight is 264 g/mol. The molecule has 0 spiro atoms. The molecule has 1 heterocycles. The first kappa shape index (κ1) is 14.5. The van der Waals surface area contributed by atoms with E-state index in [1.807, 2.05) is 13.0 Å². The summed E-state index contributed by atoms with van der Waals surface area (Å²) in [5.74, 6) is -0.146. The standard InChI is InChI=1S/C16H25FN2/c1-12-9-15(17)6-5-14(12)10-19-11-16(3,4)18-8-7-13(19)2/h5-6,9,13,18H,7-8,10-11H2,1-4H3. The minimum absolute atomic E-state index is 0.138. The zero-order valence-electron chi connectivity index (χ0n) is 12.5. The predicted octanol–water partition coefficient (Wildman–Crippen LogP) is 3.10. The summed E-state index contributed by atoms with van der Waals surface area (Å²) in [6.45, 7) is 11.7. The lowest BCUT2D eigenvalue weighted by Gasteiger charge is -2.33. The van der Waals surface area contributed by atoms with E-state index in [9.17, 15) is 4.39 Å². The normalized spacial score (nSPS) is 24.2. The molecular weight excluding hydrogens is 239 g/mol. The van der Waals surface area contributed by atoms with Crippen LogP contribution in [-0.4, -0.2) is 29.6 Å². The van der Waals surface area contributed by atoms with E-state index >= 15 is 0 Å². The number of nitrogens with zero attached hydrogens (tertiary/aromatic N) is 1. The fourth-order valence-electron chi connectivity index (χ4n) is 2.79. The van der Waals surface area contributed by atoms with Gasteiger partial charge in [0.05, 0.1) is 0 Å². The SMILES string of the molecule is Cc1cc(F)ccc1CN1CC(C)(C)NCCC1C. The summed E-state index contributed by atoms with van der Waals surface area (Å²) < 4.78 is 13.2. The second-order valence-corrected chi connectivity index (χ2v) is 6.42. The van der Waals surface area contributed by atoms with Crippen LogP contribution in [0.25, 0.3) is 0 Å². The summed E-state index contributed by atoms with van der Waals surface area (Å²) in [7, 11) is 0. The summed E-state index contributed by atoms with van der Waals surface area (Å²) in [6.07, 6.45) is 1.16. The fraction of sp³-hybridized carbons (Fsp3) is 0.625. The van der Waals surface area contributed by atoms with E-state index < -0.39 is 0 Å². The van der Waals surface area contributed by atoms with Gasteiger partial charge >= 0.3 is 0 Å². The number of halogens is 1. The third-order valence-corrected chi connectivity index (χ3v) is 4.07.